The average Bonchev–Trinajstić information content (AvgIpc) is 2.83. The predicted molar refractivity (Wildman–Crippen MR) is 103 cm³/mol. The van der Waals surface area contributed by atoms with E-state index in [0.717, 1.165) is 46.6 Å². The van der Waals surface area contributed by atoms with Gasteiger partial charge in [0.15, 0.2) is 0 Å². The van der Waals surface area contributed by atoms with Crippen molar-refractivity contribution in [3.63, 3.8) is 0 Å². The summed E-state index contributed by atoms with van der Waals surface area (Å²) in [5.74, 6) is -3.23. The Morgan fingerprint density at radius 3 is 2.68 bits per heavy atom. The molecule has 0 bridgehead atoms. The average molecular weight is 446 g/mol. The van der Waals surface area contributed by atoms with Crippen LogP contribution in [0.3, 0.4) is 0 Å². The number of aryl methyl sites for hydroxylation is 1. The van der Waals surface area contributed by atoms with Crippen LogP contribution in [0.5, 0.6) is 0 Å². The molecular weight excluding hydrogens is 432 g/mol. The Labute approximate surface area is 167 Å². The monoisotopic (exact) mass is 445 g/mol. The van der Waals surface area contributed by atoms with Crippen molar-refractivity contribution in [1.82, 2.24) is 4.98 Å². The molecule has 0 saturated carbocycles. The van der Waals surface area contributed by atoms with E-state index in [4.69, 9.17) is 0 Å². The molecule has 0 aliphatic heterocycles. The van der Waals surface area contributed by atoms with Crippen LogP contribution >= 0.6 is 15.9 Å². The number of nitrogens with one attached hydrogen (secondary N) is 1. The van der Waals surface area contributed by atoms with Crippen LogP contribution in [0.4, 0.5) is 14.6 Å². The second-order valence-electron chi connectivity index (χ2n) is 6.44. The summed E-state index contributed by atoms with van der Waals surface area (Å²) in [6, 6.07) is 8.95. The number of carbonyl (C=O) groups is 1. The van der Waals surface area contributed by atoms with Gasteiger partial charge >= 0.3 is 11.7 Å². The number of carbonyl (C=O) groups excluding carboxylic acids is 1. The first kappa shape index (κ1) is 18.5. The van der Waals surface area contributed by atoms with Crippen LogP contribution in [0.2, 0.25) is 0 Å². The number of halogens is 3. The fourth-order valence-electron chi connectivity index (χ4n) is 3.35. The Morgan fingerprint density at radius 2 is 1.93 bits per heavy atom. The van der Waals surface area contributed by atoms with Crippen LogP contribution in [-0.4, -0.2) is 10.9 Å². The van der Waals surface area contributed by atoms with Gasteiger partial charge in [0, 0.05) is 16.5 Å². The van der Waals surface area contributed by atoms with Crippen LogP contribution in [0.15, 0.2) is 47.1 Å². The Kier molecular flexibility index (Phi) is 4.80. The molecule has 1 amide bonds. The molecule has 2 aromatic carbocycles. The zero-order valence-electron chi connectivity index (χ0n) is 14.5. The van der Waals surface area contributed by atoms with Crippen LogP contribution in [0.1, 0.15) is 28.0 Å². The number of nitrogens with zero attached hydrogens (tertiary/aromatic N) is 2. The zero-order valence-corrected chi connectivity index (χ0v) is 16.1. The van der Waals surface area contributed by atoms with Crippen molar-refractivity contribution in [2.75, 3.05) is 5.32 Å². The summed E-state index contributed by atoms with van der Waals surface area (Å²) in [5, 5.41) is 15.1. The second kappa shape index (κ2) is 7.27. The van der Waals surface area contributed by atoms with Gasteiger partial charge in [-0.05, 0) is 42.7 Å². The van der Waals surface area contributed by atoms with Gasteiger partial charge in [-0.1, -0.05) is 28.1 Å². The molecule has 28 heavy (non-hydrogen) atoms. The number of anilines is 1. The fourth-order valence-corrected chi connectivity index (χ4v) is 3.71. The third-order valence-electron chi connectivity index (χ3n) is 4.67. The molecule has 0 radical (unpaired) electrons. The smallest absolute Gasteiger partial charge is 0.345 e. The number of hydrogen-bond acceptors (Lipinski definition) is 3. The second-order valence-corrected chi connectivity index (χ2v) is 7.35. The summed E-state index contributed by atoms with van der Waals surface area (Å²) < 4.78 is 29.1. The lowest BCUT2D eigenvalue weighted by atomic mass is 10.0. The first-order valence-corrected chi connectivity index (χ1v) is 9.40. The molecule has 0 saturated heterocycles. The first-order chi connectivity index (χ1) is 13.5. The Hall–Kier alpha value is -2.87. The summed E-state index contributed by atoms with van der Waals surface area (Å²) in [6.45, 7) is 0. The lowest BCUT2D eigenvalue weighted by Crippen LogP contribution is -2.38. The largest absolute Gasteiger partial charge is 0.710 e. The number of hydrogen-bond donors (Lipinski definition) is 1. The van der Waals surface area contributed by atoms with E-state index in [-0.39, 0.29) is 5.82 Å². The summed E-state index contributed by atoms with van der Waals surface area (Å²) >= 11 is 3.43. The molecule has 0 atom stereocenters. The van der Waals surface area contributed by atoms with Crippen LogP contribution in [0.25, 0.3) is 11.3 Å². The summed E-state index contributed by atoms with van der Waals surface area (Å²) in [6.07, 6.45) is 3.21. The van der Waals surface area contributed by atoms with Crippen LogP contribution < -0.4 is 10.0 Å². The van der Waals surface area contributed by atoms with Gasteiger partial charge in [0.25, 0.3) is 0 Å². The summed E-state index contributed by atoms with van der Waals surface area (Å²) in [7, 11) is 0. The molecule has 8 heteroatoms. The molecule has 0 fully saturated rings. The van der Waals surface area contributed by atoms with E-state index in [1.54, 1.807) is 0 Å². The lowest BCUT2D eigenvalue weighted by Gasteiger charge is -2.16. The van der Waals surface area contributed by atoms with Crippen molar-refractivity contribution >= 4 is 27.7 Å². The van der Waals surface area contributed by atoms with Crippen molar-refractivity contribution in [2.24, 2.45) is 0 Å². The summed E-state index contributed by atoms with van der Waals surface area (Å²) in [5.41, 5.74) is 2.14. The van der Waals surface area contributed by atoms with E-state index in [1.807, 2.05) is 18.2 Å². The maximum absolute atomic E-state index is 13.8. The van der Waals surface area contributed by atoms with Gasteiger partial charge in [0.05, 0.1) is 0 Å². The Balaban J connectivity index is 1.74. The third kappa shape index (κ3) is 3.24. The highest BCUT2D eigenvalue weighted by atomic mass is 79.9. The van der Waals surface area contributed by atoms with E-state index >= 15 is 0 Å². The van der Waals surface area contributed by atoms with Gasteiger partial charge < -0.3 is 5.21 Å². The number of rotatable bonds is 2. The molecule has 142 valence electrons. The zero-order chi connectivity index (χ0) is 19.8. The van der Waals surface area contributed by atoms with E-state index < -0.39 is 23.1 Å². The van der Waals surface area contributed by atoms with Crippen molar-refractivity contribution in [3.8, 4) is 11.3 Å². The van der Waals surface area contributed by atoms with Crippen LogP contribution in [0, 0.1) is 16.8 Å². The topological polar surface area (TPSA) is 68.9 Å². The molecular formula is C20H14BrF2N3O2. The van der Waals surface area contributed by atoms with Gasteiger partial charge in [-0.2, -0.15) is 0 Å². The quantitative estimate of drug-likeness (QED) is 0.475. The fraction of sp³-hybridized carbons (Fsp3) is 0.150. The Morgan fingerprint density at radius 1 is 1.18 bits per heavy atom. The standard InChI is InChI=1S/C20H14BrF2N3O2/c21-12-8-7-11-3-1-6-16-19(13(11)9-12)24-10-17(26(16)28)25-20(27)18-14(22)4-2-5-15(18)23/h2,4-5,7-10H,1,3,6H2,(H,25,27). The van der Waals surface area contributed by atoms with Gasteiger partial charge in [0.1, 0.15) is 34.8 Å². The molecule has 1 aliphatic carbocycles. The van der Waals surface area contributed by atoms with Crippen LogP contribution in [-0.2, 0) is 12.8 Å². The maximum atomic E-state index is 13.8. The van der Waals surface area contributed by atoms with Gasteiger partial charge in [-0.3, -0.25) is 0 Å². The third-order valence-corrected chi connectivity index (χ3v) is 5.16. The molecule has 1 heterocycles. The van der Waals surface area contributed by atoms with Gasteiger partial charge in [-0.15, -0.1) is 0 Å². The first-order valence-electron chi connectivity index (χ1n) is 8.61. The minimum Gasteiger partial charge on any atom is -0.710 e. The lowest BCUT2D eigenvalue weighted by molar-refractivity contribution is -0.598. The highest BCUT2D eigenvalue weighted by Gasteiger charge is 2.26. The predicted octanol–water partition coefficient (Wildman–Crippen LogP) is 4.16. The molecule has 1 aromatic heterocycles. The maximum Gasteiger partial charge on any atom is 0.345 e. The summed E-state index contributed by atoms with van der Waals surface area (Å²) in [4.78, 5) is 16.7. The number of fused-ring (bicyclic) bond motifs is 3. The molecule has 5 nitrogen and oxygen atoms in total. The van der Waals surface area contributed by atoms with E-state index in [2.05, 4.69) is 26.2 Å². The molecule has 0 spiro atoms. The van der Waals surface area contributed by atoms with Crippen molar-refractivity contribution in [3.05, 3.63) is 80.7 Å². The molecule has 4 rings (SSSR count). The van der Waals surface area contributed by atoms with Gasteiger partial charge in [-0.25, -0.2) is 28.6 Å². The van der Waals surface area contributed by atoms with Crippen molar-refractivity contribution in [1.29, 1.82) is 0 Å². The van der Waals surface area contributed by atoms with Crippen molar-refractivity contribution in [2.45, 2.75) is 19.3 Å². The highest BCUT2D eigenvalue weighted by molar-refractivity contribution is 9.10. The molecule has 1 N–H and O–H groups in total. The van der Waals surface area contributed by atoms with Crippen molar-refractivity contribution < 1.29 is 18.3 Å². The minimum atomic E-state index is -1.04. The van der Waals surface area contributed by atoms with Gasteiger partial charge in [0.2, 0.25) is 0 Å². The number of benzene rings is 2. The SMILES string of the molecule is O=C(Nc1cnc2c([n+]1[O-])CCCc1ccc(Br)cc1-2)c1c(F)cccc1F. The Bertz CT molecular complexity index is 1080. The molecule has 0 unspecified atom stereocenters. The normalized spacial score (nSPS) is 12.7. The van der Waals surface area contributed by atoms with E-state index in [1.165, 1.54) is 6.20 Å². The number of aromatic nitrogens is 2. The van der Waals surface area contributed by atoms with E-state index in [0.29, 0.717) is 22.5 Å². The van der Waals surface area contributed by atoms with E-state index in [9.17, 15) is 18.8 Å². The molecule has 3 aromatic rings. The molecule has 1 aliphatic rings. The minimum absolute atomic E-state index is 0.176. The highest BCUT2D eigenvalue weighted by Crippen LogP contribution is 2.32. The number of amides is 1.